The van der Waals surface area contributed by atoms with Gasteiger partial charge in [0.2, 0.25) is 0 Å². The maximum Gasteiger partial charge on any atom is 0.400 e. The van der Waals surface area contributed by atoms with E-state index >= 15 is 0 Å². The van der Waals surface area contributed by atoms with Crippen molar-refractivity contribution in [1.82, 2.24) is 6.15 Å². The summed E-state index contributed by atoms with van der Waals surface area (Å²) in [4.78, 5) is 13.3. The summed E-state index contributed by atoms with van der Waals surface area (Å²) in [6, 6.07) is 0. The number of methoxy groups -OCH3 is 1. The molecule has 1 unspecified atom stereocenters. The number of unbranched alkanes of at least 4 members (excludes halogenated alkanes) is 21. The first-order chi connectivity index (χ1) is 20.3. The Balaban J connectivity index is 0. The fraction of sp³-hybridized carbons (Fsp3) is 0.971. The molecule has 0 bridgehead atoms. The van der Waals surface area contributed by atoms with E-state index in [1.807, 2.05) is 0 Å². The van der Waals surface area contributed by atoms with Crippen LogP contribution in [0.5, 0.6) is 0 Å². The van der Waals surface area contributed by atoms with Gasteiger partial charge in [-0.1, -0.05) is 175 Å². The van der Waals surface area contributed by atoms with Crippen LogP contribution in [0.4, 0.5) is 0 Å². The molecular weight excluding hydrogens is 562 g/mol. The van der Waals surface area contributed by atoms with Crippen molar-refractivity contribution in [3.05, 3.63) is 0 Å². The van der Waals surface area contributed by atoms with Crippen LogP contribution in [0, 0.1) is 5.92 Å². The monoisotopic (exact) mass is 636 g/mol. The number of esters is 1. The topological polar surface area (TPSA) is 114 Å². The van der Waals surface area contributed by atoms with Crippen LogP contribution in [0.15, 0.2) is 0 Å². The van der Waals surface area contributed by atoms with Crippen LogP contribution >= 0.6 is 0 Å². The standard InChI is InChI=1S/C35H70O6S.H3N/c1-6-9-12-15-18-21-24-27-30-33(34(36)39-4)35(41-42(37,38)40-5,31-28-25-22-19-16-13-10-7-2)32-29-26-23-20-17-14-11-8-3;/h33H,6-32H2,1-5H3;1H3. The summed E-state index contributed by atoms with van der Waals surface area (Å²) in [6.07, 6.45) is 29.3. The summed E-state index contributed by atoms with van der Waals surface area (Å²) >= 11 is 0. The van der Waals surface area contributed by atoms with Crippen LogP contribution in [0.2, 0.25) is 0 Å². The highest BCUT2D eigenvalue weighted by Crippen LogP contribution is 2.40. The number of hydrogen-bond acceptors (Lipinski definition) is 7. The highest BCUT2D eigenvalue weighted by atomic mass is 32.3. The molecule has 0 saturated heterocycles. The molecule has 7 nitrogen and oxygen atoms in total. The molecule has 0 rings (SSSR count). The molecule has 0 aliphatic heterocycles. The Morgan fingerprint density at radius 3 is 1.21 bits per heavy atom. The largest absolute Gasteiger partial charge is 0.469 e. The lowest BCUT2D eigenvalue weighted by atomic mass is 9.76. The van der Waals surface area contributed by atoms with E-state index in [0.717, 1.165) is 64.9 Å². The average molecular weight is 636 g/mol. The van der Waals surface area contributed by atoms with Crippen LogP contribution in [0.1, 0.15) is 194 Å². The molecule has 0 aromatic rings. The third-order valence-corrected chi connectivity index (χ3v) is 9.79. The Kier molecular flexibility index (Phi) is 31.0. The fourth-order valence-electron chi connectivity index (χ4n) is 6.19. The maximum absolute atomic E-state index is 13.3. The first-order valence-corrected chi connectivity index (χ1v) is 19.2. The number of rotatable bonds is 32. The van der Waals surface area contributed by atoms with E-state index in [1.165, 1.54) is 103 Å². The lowest BCUT2D eigenvalue weighted by molar-refractivity contribution is -0.156. The van der Waals surface area contributed by atoms with Gasteiger partial charge in [-0.05, 0) is 19.3 Å². The van der Waals surface area contributed by atoms with Crippen molar-refractivity contribution in [1.29, 1.82) is 0 Å². The average Bonchev–Trinajstić information content (AvgIpc) is 2.98. The second-order valence-electron chi connectivity index (χ2n) is 12.5. The van der Waals surface area contributed by atoms with Crippen molar-refractivity contribution in [3.8, 4) is 0 Å². The SMILES string of the molecule is CCCCCCCCCCC(C(=O)OC)C(CCCCCCCCCC)(CCCCCCCCCC)OS(=O)(=O)OC.N. The van der Waals surface area contributed by atoms with E-state index in [1.54, 1.807) is 0 Å². The summed E-state index contributed by atoms with van der Waals surface area (Å²) in [7, 11) is -1.69. The third kappa shape index (κ3) is 23.3. The Hall–Kier alpha value is -0.700. The minimum absolute atomic E-state index is 0. The molecule has 0 aliphatic rings. The normalized spacial score (nSPS) is 12.7. The zero-order chi connectivity index (χ0) is 31.4. The third-order valence-electron chi connectivity index (χ3n) is 8.85. The minimum atomic E-state index is -4.24. The van der Waals surface area contributed by atoms with E-state index in [9.17, 15) is 13.2 Å². The lowest BCUT2D eigenvalue weighted by Crippen LogP contribution is -2.47. The molecule has 0 aromatic heterocycles. The maximum atomic E-state index is 13.3. The van der Waals surface area contributed by atoms with Gasteiger partial charge in [0.25, 0.3) is 0 Å². The Morgan fingerprint density at radius 1 is 0.558 bits per heavy atom. The Morgan fingerprint density at radius 2 is 0.884 bits per heavy atom. The molecule has 8 heteroatoms. The van der Waals surface area contributed by atoms with Gasteiger partial charge in [-0.3, -0.25) is 8.98 Å². The summed E-state index contributed by atoms with van der Waals surface area (Å²) in [5, 5.41) is 0. The highest BCUT2D eigenvalue weighted by molar-refractivity contribution is 7.81. The predicted molar refractivity (Wildman–Crippen MR) is 182 cm³/mol. The molecule has 0 saturated carbocycles. The molecule has 0 aromatic carbocycles. The van der Waals surface area contributed by atoms with Crippen LogP contribution in [0.25, 0.3) is 0 Å². The molecule has 0 fully saturated rings. The molecule has 0 spiro atoms. The van der Waals surface area contributed by atoms with E-state index in [0.29, 0.717) is 19.3 Å². The highest BCUT2D eigenvalue weighted by Gasteiger charge is 2.47. The van der Waals surface area contributed by atoms with Gasteiger partial charge in [0.1, 0.15) is 5.60 Å². The second-order valence-corrected chi connectivity index (χ2v) is 13.8. The quantitative estimate of drug-likeness (QED) is 0.0577. The molecule has 0 amide bonds. The van der Waals surface area contributed by atoms with E-state index < -0.39 is 21.9 Å². The van der Waals surface area contributed by atoms with Gasteiger partial charge in [-0.25, -0.2) is 4.18 Å². The van der Waals surface area contributed by atoms with Gasteiger partial charge in [0.05, 0.1) is 20.1 Å². The molecular formula is C35H73NO6S. The molecule has 0 heterocycles. The van der Waals surface area contributed by atoms with E-state index in [2.05, 4.69) is 20.8 Å². The number of carbonyl (C=O) groups excluding carboxylic acids is 1. The summed E-state index contributed by atoms with van der Waals surface area (Å²) in [6.45, 7) is 6.68. The Bertz CT molecular complexity index is 695. The summed E-state index contributed by atoms with van der Waals surface area (Å²) in [5.74, 6) is -0.981. The smallest absolute Gasteiger partial charge is 0.400 e. The zero-order valence-corrected chi connectivity index (χ0v) is 30.1. The van der Waals surface area contributed by atoms with Crippen molar-refractivity contribution >= 4 is 16.4 Å². The number of ether oxygens (including phenoxy) is 1. The van der Waals surface area contributed by atoms with Crippen molar-refractivity contribution in [2.24, 2.45) is 5.92 Å². The summed E-state index contributed by atoms with van der Waals surface area (Å²) < 4.78 is 41.7. The van der Waals surface area contributed by atoms with Gasteiger partial charge < -0.3 is 10.9 Å². The predicted octanol–water partition coefficient (Wildman–Crippen LogP) is 11.2. The van der Waals surface area contributed by atoms with Crippen molar-refractivity contribution in [2.45, 2.75) is 200 Å². The second kappa shape index (κ2) is 30.0. The van der Waals surface area contributed by atoms with Gasteiger partial charge in [0, 0.05) is 0 Å². The van der Waals surface area contributed by atoms with Crippen LogP contribution < -0.4 is 6.15 Å². The number of carbonyl (C=O) groups is 1. The zero-order valence-electron chi connectivity index (χ0n) is 29.2. The van der Waals surface area contributed by atoms with E-state index in [4.69, 9.17) is 13.1 Å². The van der Waals surface area contributed by atoms with Gasteiger partial charge >= 0.3 is 16.4 Å². The van der Waals surface area contributed by atoms with Gasteiger partial charge in [0.15, 0.2) is 0 Å². The lowest BCUT2D eigenvalue weighted by Gasteiger charge is -2.38. The Labute approximate surface area is 268 Å². The van der Waals surface area contributed by atoms with Crippen molar-refractivity contribution in [3.63, 3.8) is 0 Å². The molecule has 43 heavy (non-hydrogen) atoms. The molecule has 260 valence electrons. The molecule has 3 N–H and O–H groups in total. The van der Waals surface area contributed by atoms with Crippen LogP contribution in [0.3, 0.4) is 0 Å². The summed E-state index contributed by atoms with van der Waals surface area (Å²) in [5.41, 5.74) is -1.13. The van der Waals surface area contributed by atoms with Crippen molar-refractivity contribution < 1.29 is 26.3 Å². The van der Waals surface area contributed by atoms with Crippen LogP contribution in [-0.2, 0) is 28.3 Å². The molecule has 0 aliphatic carbocycles. The van der Waals surface area contributed by atoms with Gasteiger partial charge in [-0.15, -0.1) is 0 Å². The first-order valence-electron chi connectivity index (χ1n) is 17.9. The minimum Gasteiger partial charge on any atom is -0.469 e. The number of hydrogen-bond donors (Lipinski definition) is 1. The molecule has 0 radical (unpaired) electrons. The van der Waals surface area contributed by atoms with Gasteiger partial charge in [-0.2, -0.15) is 8.42 Å². The van der Waals surface area contributed by atoms with E-state index in [-0.39, 0.29) is 12.1 Å². The fourth-order valence-corrected chi connectivity index (χ4v) is 6.95. The van der Waals surface area contributed by atoms with Crippen molar-refractivity contribution in [2.75, 3.05) is 14.2 Å². The van der Waals surface area contributed by atoms with Crippen LogP contribution in [-0.4, -0.2) is 34.2 Å². The molecule has 1 atom stereocenters. The first kappa shape index (κ1) is 44.4.